The van der Waals surface area contributed by atoms with Crippen LogP contribution in [0.15, 0.2) is 73.4 Å². The van der Waals surface area contributed by atoms with Gasteiger partial charge in [0.05, 0.1) is 27.4 Å². The van der Waals surface area contributed by atoms with Crippen molar-refractivity contribution < 1.29 is 80.5 Å². The largest absolute Gasteiger partial charge is 0.790 e. The number of fused-ring (bicyclic) bond motifs is 1. The molecule has 28 heteroatoms. The van der Waals surface area contributed by atoms with Crippen LogP contribution in [0.1, 0.15) is 110 Å². The Morgan fingerprint density at radius 2 is 1.47 bits per heavy atom. The van der Waals surface area contributed by atoms with Gasteiger partial charge < -0.3 is 69.0 Å². The molecule has 0 radical (unpaired) electrons. The van der Waals surface area contributed by atoms with Crippen molar-refractivity contribution in [3.63, 3.8) is 0 Å². The van der Waals surface area contributed by atoms with Crippen molar-refractivity contribution in [2.75, 3.05) is 37.8 Å². The van der Waals surface area contributed by atoms with Crippen LogP contribution >= 0.6 is 35.2 Å². The average molecular weight is 1100 g/mol. The predicted molar refractivity (Wildman–Crippen MR) is 265 cm³/mol. The molecule has 7 unspecified atom stereocenters. The van der Waals surface area contributed by atoms with Crippen LogP contribution in [0.2, 0.25) is 0 Å². The van der Waals surface area contributed by atoms with Crippen molar-refractivity contribution >= 4 is 69.1 Å². The maximum atomic E-state index is 12.7. The number of ether oxygens (including phenoxy) is 1. The Labute approximate surface area is 429 Å². The van der Waals surface area contributed by atoms with Gasteiger partial charge in [-0.05, 0) is 63.9 Å². The molecule has 6 N–H and O–H groups in total. The summed E-state index contributed by atoms with van der Waals surface area (Å²) in [7, 11) is -17.6. The highest BCUT2D eigenvalue weighted by atomic mass is 32.2. The molecule has 1 fully saturated rings. The van der Waals surface area contributed by atoms with Crippen LogP contribution in [0.3, 0.4) is 0 Å². The molecular formula is C45H68N7O17P3S-4. The van der Waals surface area contributed by atoms with Gasteiger partial charge in [-0.25, -0.2) is 19.3 Å². The van der Waals surface area contributed by atoms with Crippen LogP contribution in [-0.2, 0) is 50.7 Å². The molecular weight excluding hydrogens is 1040 g/mol. The van der Waals surface area contributed by atoms with E-state index in [4.69, 9.17) is 10.5 Å². The van der Waals surface area contributed by atoms with Gasteiger partial charge >= 0.3 is 0 Å². The number of nitrogens with two attached hydrogens (primary N) is 1. The third-order valence-corrected chi connectivity index (χ3v) is 14.5. The molecule has 0 aliphatic carbocycles. The Kier molecular flexibility index (Phi) is 28.4. The van der Waals surface area contributed by atoms with E-state index in [0.29, 0.717) is 5.75 Å². The number of phosphoric ester groups is 3. The molecule has 2 amide bonds. The second-order valence-electron chi connectivity index (χ2n) is 17.3. The Hall–Kier alpha value is -3.74. The second kappa shape index (κ2) is 32.6. The molecule has 0 spiro atoms. The number of nitrogen functional groups attached to an aromatic ring is 1. The zero-order valence-corrected chi connectivity index (χ0v) is 44.7. The summed E-state index contributed by atoms with van der Waals surface area (Å²) in [4.78, 5) is 96.9. The lowest BCUT2D eigenvalue weighted by Gasteiger charge is -2.36. The monoisotopic (exact) mass is 1100 g/mol. The van der Waals surface area contributed by atoms with Gasteiger partial charge in [-0.2, -0.15) is 0 Å². The first-order chi connectivity index (χ1) is 34.6. The Balaban J connectivity index is 1.27. The highest BCUT2D eigenvalue weighted by Crippen LogP contribution is 2.56. The standard InChI is InChI=1S/C45H72N7O17P3S/c1-4-5-6-7-8-9-10-11-12-13-14-15-16-17-18-19-20-21-22-23-24-25-36(54)73-29-28-47-35(53)26-27-48-43(57)40(56)45(2,3)31-66-72(63,64)69-71(61,62)65-30-34-39(68-70(58,59)60)38(55)44(67-34)52-33-51-37-41(46)49-32-50-42(37)52/h8-9,11-12,14-15,17-18,24-25,32-34,38-40,44,55-56H,4-7,10,13,16,19-23,26-31H2,1-3H3,(H,47,53)(H,48,57)(H,61,62)(H,63,64)(H2,46,49,50)(H2,58,59,60)/p-4. The van der Waals surface area contributed by atoms with Crippen LogP contribution < -0.4 is 35.9 Å². The lowest BCUT2D eigenvalue weighted by atomic mass is 9.87. The quantitative estimate of drug-likeness (QED) is 0.0281. The van der Waals surface area contributed by atoms with Crippen LogP contribution in [0.25, 0.3) is 11.2 Å². The topological polar surface area (TPSA) is 375 Å². The van der Waals surface area contributed by atoms with E-state index in [1.165, 1.54) is 45.6 Å². The number of nitrogens with one attached hydrogen (secondary N) is 2. The molecule has 0 aromatic carbocycles. The van der Waals surface area contributed by atoms with E-state index in [-0.39, 0.29) is 41.6 Å². The number of aromatic nitrogens is 4. The Bertz CT molecular complexity index is 2340. The van der Waals surface area contributed by atoms with Crippen molar-refractivity contribution in [3.8, 4) is 0 Å². The van der Waals surface area contributed by atoms with Crippen molar-refractivity contribution in [1.82, 2.24) is 30.2 Å². The minimum atomic E-state index is -5.93. The van der Waals surface area contributed by atoms with E-state index in [2.05, 4.69) is 99.0 Å². The number of amides is 2. The molecule has 3 rings (SSSR count). The maximum absolute atomic E-state index is 12.7. The van der Waals surface area contributed by atoms with Crippen molar-refractivity contribution in [2.45, 2.75) is 135 Å². The van der Waals surface area contributed by atoms with Gasteiger partial charge in [0.15, 0.2) is 17.7 Å². The molecule has 0 saturated carbocycles. The van der Waals surface area contributed by atoms with Gasteiger partial charge in [0.2, 0.25) is 16.9 Å². The number of hydrogen-bond donors (Lipinski definition) is 5. The lowest BCUT2D eigenvalue weighted by molar-refractivity contribution is -0.347. The third kappa shape index (κ3) is 25.1. The van der Waals surface area contributed by atoms with E-state index in [0.717, 1.165) is 80.4 Å². The fourth-order valence-corrected chi connectivity index (χ4v) is 10.1. The van der Waals surface area contributed by atoms with Crippen LogP contribution in [0.4, 0.5) is 5.82 Å². The van der Waals surface area contributed by atoms with E-state index in [1.807, 2.05) is 6.08 Å². The number of nitrogens with zero attached hydrogens (tertiary/aromatic N) is 4. The SMILES string of the molecule is CCCCCC=CCC=CCC=CCC=CCCCCCC=CC(=O)SCCNC(=O)CCNC(=O)C(O)C(C)(C)COP(=O)([O-])OP(=O)([O-])OCC1OC(n2cnc3c(N)ncnc32)C(O)C1OP(=O)([O-])[O-]. The fraction of sp³-hybridized carbons (Fsp3) is 0.600. The minimum absolute atomic E-state index is 0.0218. The summed E-state index contributed by atoms with van der Waals surface area (Å²) in [6.07, 6.45) is 26.1. The van der Waals surface area contributed by atoms with E-state index >= 15 is 0 Å². The molecule has 1 saturated heterocycles. The average Bonchev–Trinajstić information content (AvgIpc) is 3.88. The van der Waals surface area contributed by atoms with Gasteiger partial charge in [-0.15, -0.1) is 0 Å². The van der Waals surface area contributed by atoms with Crippen molar-refractivity contribution in [3.05, 3.63) is 73.4 Å². The smallest absolute Gasteiger partial charge is 0.274 e. The Morgan fingerprint density at radius 3 is 2.10 bits per heavy atom. The van der Waals surface area contributed by atoms with Gasteiger partial charge in [0, 0.05) is 30.7 Å². The first-order valence-electron chi connectivity index (χ1n) is 23.8. The zero-order chi connectivity index (χ0) is 53.9. The Morgan fingerprint density at radius 1 is 0.863 bits per heavy atom. The molecule has 3 heterocycles. The number of aliphatic hydroxyl groups is 2. The number of hydrogen-bond acceptors (Lipinski definition) is 22. The summed E-state index contributed by atoms with van der Waals surface area (Å²) in [5.74, 6) is -1.24. The molecule has 410 valence electrons. The number of phosphoric acid groups is 3. The summed E-state index contributed by atoms with van der Waals surface area (Å²) in [5, 5.41) is 26.3. The molecule has 73 heavy (non-hydrogen) atoms. The predicted octanol–water partition coefficient (Wildman–Crippen LogP) is 3.62. The van der Waals surface area contributed by atoms with Crippen LogP contribution in [-0.4, -0.2) is 103 Å². The normalized spacial score (nSPS) is 20.0. The summed E-state index contributed by atoms with van der Waals surface area (Å²) >= 11 is 1.04. The molecule has 7 atom stereocenters. The number of carbonyl (C=O) groups is 3. The molecule has 2 aromatic rings. The van der Waals surface area contributed by atoms with Crippen LogP contribution in [0.5, 0.6) is 0 Å². The number of aliphatic hydroxyl groups excluding tert-OH is 2. The van der Waals surface area contributed by atoms with E-state index < -0.39 is 84.6 Å². The number of anilines is 1. The first kappa shape index (κ1) is 63.6. The van der Waals surface area contributed by atoms with Crippen molar-refractivity contribution in [1.29, 1.82) is 0 Å². The summed E-state index contributed by atoms with van der Waals surface area (Å²) < 4.78 is 60.9. The molecule has 2 aromatic heterocycles. The highest BCUT2D eigenvalue weighted by Gasteiger charge is 2.47. The van der Waals surface area contributed by atoms with Gasteiger partial charge in [0.1, 0.15) is 36.3 Å². The minimum Gasteiger partial charge on any atom is -0.790 e. The van der Waals surface area contributed by atoms with Crippen molar-refractivity contribution in [2.24, 2.45) is 5.41 Å². The second-order valence-corrected chi connectivity index (χ2v) is 22.4. The third-order valence-electron chi connectivity index (χ3n) is 10.7. The van der Waals surface area contributed by atoms with Gasteiger partial charge in [-0.3, -0.25) is 28.1 Å². The number of rotatable bonds is 36. The number of unbranched alkanes of at least 4 members (excludes halogenated alkanes) is 7. The molecule has 24 nitrogen and oxygen atoms in total. The number of allylic oxidation sites excluding steroid dienone is 9. The highest BCUT2D eigenvalue weighted by molar-refractivity contribution is 8.14. The summed E-state index contributed by atoms with van der Waals surface area (Å²) in [5.41, 5.74) is 4.08. The molecule has 0 bridgehead atoms. The van der Waals surface area contributed by atoms with Crippen LogP contribution in [0, 0.1) is 5.41 Å². The number of imidazole rings is 1. The summed E-state index contributed by atoms with van der Waals surface area (Å²) in [6, 6.07) is 0. The number of carbonyl (C=O) groups excluding carboxylic acids is 3. The summed E-state index contributed by atoms with van der Waals surface area (Å²) in [6.45, 7) is 2.30. The molecule has 1 aliphatic heterocycles. The van der Waals surface area contributed by atoms with E-state index in [9.17, 15) is 57.9 Å². The number of thioether (sulfide) groups is 1. The zero-order valence-electron chi connectivity index (χ0n) is 41.2. The van der Waals surface area contributed by atoms with Gasteiger partial charge in [0.25, 0.3) is 15.6 Å². The van der Waals surface area contributed by atoms with E-state index in [1.54, 1.807) is 0 Å². The fourth-order valence-electron chi connectivity index (χ4n) is 6.75. The molecule has 1 aliphatic rings. The lowest BCUT2D eigenvalue weighted by Crippen LogP contribution is -2.46. The van der Waals surface area contributed by atoms with Gasteiger partial charge in [-0.1, -0.05) is 106 Å². The first-order valence-corrected chi connectivity index (χ1v) is 29.2. The maximum Gasteiger partial charge on any atom is 0.274 e.